The number of amides is 1. The van der Waals surface area contributed by atoms with Crippen molar-refractivity contribution in [2.45, 2.75) is 44.3 Å². The van der Waals surface area contributed by atoms with Crippen molar-refractivity contribution in [3.63, 3.8) is 0 Å². The van der Waals surface area contributed by atoms with Crippen molar-refractivity contribution in [2.75, 3.05) is 24.7 Å². The summed E-state index contributed by atoms with van der Waals surface area (Å²) in [5, 5.41) is 0. The molecule has 162 valence electrons. The van der Waals surface area contributed by atoms with E-state index in [4.69, 9.17) is 14.2 Å². The number of anilines is 1. The minimum Gasteiger partial charge on any atom is -0.479 e. The van der Waals surface area contributed by atoms with Crippen molar-refractivity contribution in [2.24, 2.45) is 0 Å². The number of rotatable bonds is 6. The number of aromatic nitrogens is 1. The molecule has 0 bridgehead atoms. The molecular formula is C23H23FN2O5. The Morgan fingerprint density at radius 2 is 2.10 bits per heavy atom. The van der Waals surface area contributed by atoms with Crippen LogP contribution in [0, 0.1) is 5.82 Å². The highest BCUT2D eigenvalue weighted by atomic mass is 19.1. The van der Waals surface area contributed by atoms with E-state index in [1.54, 1.807) is 18.2 Å². The summed E-state index contributed by atoms with van der Waals surface area (Å²) in [5.74, 6) is 0.158. The second-order valence-electron chi connectivity index (χ2n) is 8.04. The molecule has 31 heavy (non-hydrogen) atoms. The number of nitrogens with zero attached hydrogens (tertiary/aromatic N) is 2. The molecule has 0 N–H and O–H groups in total. The van der Waals surface area contributed by atoms with Gasteiger partial charge in [0.15, 0.2) is 11.9 Å². The van der Waals surface area contributed by atoms with Gasteiger partial charge in [-0.1, -0.05) is 0 Å². The van der Waals surface area contributed by atoms with Crippen LogP contribution in [0.15, 0.2) is 30.5 Å². The van der Waals surface area contributed by atoms with Gasteiger partial charge in [0, 0.05) is 43.3 Å². The normalized spacial score (nSPS) is 22.8. The van der Waals surface area contributed by atoms with Crippen LogP contribution in [0.3, 0.4) is 0 Å². The Morgan fingerprint density at radius 1 is 1.19 bits per heavy atom. The van der Waals surface area contributed by atoms with E-state index in [0.29, 0.717) is 60.9 Å². The third-order valence-electron chi connectivity index (χ3n) is 5.98. The van der Waals surface area contributed by atoms with Gasteiger partial charge in [0.25, 0.3) is 5.91 Å². The number of hydrogen-bond acceptors (Lipinski definition) is 6. The standard InChI is InChI=1S/C23H23FN2O5/c24-19-11-14(10-18-17(19)4-5-20(18)27)26-8-7-21(23(26)28)31-15-3-6-22(25-12-15)30-13-16-2-1-9-29-16/h3,6,10-12,16,21H,1-2,4-5,7-9,13H2/t16-,21-/m1/s1. The van der Waals surface area contributed by atoms with Gasteiger partial charge in [0.05, 0.1) is 12.3 Å². The summed E-state index contributed by atoms with van der Waals surface area (Å²) in [6.45, 7) is 1.63. The predicted molar refractivity (Wildman–Crippen MR) is 109 cm³/mol. The average Bonchev–Trinajstić information content (AvgIpc) is 3.50. The van der Waals surface area contributed by atoms with E-state index in [2.05, 4.69) is 4.98 Å². The number of benzene rings is 1. The summed E-state index contributed by atoms with van der Waals surface area (Å²) in [4.78, 5) is 30.6. The Kier molecular flexibility index (Phi) is 5.31. The van der Waals surface area contributed by atoms with Gasteiger partial charge < -0.3 is 19.1 Å². The largest absolute Gasteiger partial charge is 0.479 e. The van der Waals surface area contributed by atoms with E-state index in [1.807, 2.05) is 0 Å². The fourth-order valence-electron chi connectivity index (χ4n) is 4.31. The first-order valence-corrected chi connectivity index (χ1v) is 10.6. The summed E-state index contributed by atoms with van der Waals surface area (Å²) in [7, 11) is 0. The number of ether oxygens (including phenoxy) is 3. The van der Waals surface area contributed by atoms with E-state index in [9.17, 15) is 14.0 Å². The first kappa shape index (κ1) is 19.9. The molecule has 3 heterocycles. The summed E-state index contributed by atoms with van der Waals surface area (Å²) >= 11 is 0. The summed E-state index contributed by atoms with van der Waals surface area (Å²) in [6.07, 6.45) is 4.18. The molecule has 1 aromatic carbocycles. The van der Waals surface area contributed by atoms with Crippen LogP contribution < -0.4 is 14.4 Å². The maximum absolute atomic E-state index is 14.4. The van der Waals surface area contributed by atoms with Gasteiger partial charge in [0.1, 0.15) is 18.2 Å². The maximum atomic E-state index is 14.4. The second-order valence-corrected chi connectivity index (χ2v) is 8.04. The lowest BCUT2D eigenvalue weighted by atomic mass is 10.1. The zero-order valence-electron chi connectivity index (χ0n) is 17.0. The molecule has 2 aliphatic heterocycles. The topological polar surface area (TPSA) is 78.0 Å². The van der Waals surface area contributed by atoms with Crippen LogP contribution >= 0.6 is 0 Å². The Morgan fingerprint density at radius 3 is 2.87 bits per heavy atom. The number of pyridine rings is 1. The summed E-state index contributed by atoms with van der Waals surface area (Å²) in [5.41, 5.74) is 1.23. The monoisotopic (exact) mass is 426 g/mol. The lowest BCUT2D eigenvalue weighted by Gasteiger charge is -2.18. The molecule has 5 rings (SSSR count). The molecular weight excluding hydrogens is 403 g/mol. The predicted octanol–water partition coefficient (Wildman–Crippen LogP) is 3.09. The van der Waals surface area contributed by atoms with Crippen LogP contribution in [0.2, 0.25) is 0 Å². The van der Waals surface area contributed by atoms with E-state index in [0.717, 1.165) is 19.4 Å². The molecule has 7 nitrogen and oxygen atoms in total. The highest BCUT2D eigenvalue weighted by Gasteiger charge is 2.36. The number of Topliss-reactive ketones (excluding diaryl/α,β-unsaturated/α-hetero) is 1. The lowest BCUT2D eigenvalue weighted by Crippen LogP contribution is -2.32. The molecule has 1 aromatic heterocycles. The Labute approximate surface area is 179 Å². The first-order valence-electron chi connectivity index (χ1n) is 10.6. The van der Waals surface area contributed by atoms with Crippen LogP contribution in [0.5, 0.6) is 11.6 Å². The Balaban J connectivity index is 1.22. The van der Waals surface area contributed by atoms with E-state index in [-0.39, 0.29) is 17.8 Å². The van der Waals surface area contributed by atoms with Gasteiger partial charge in [-0.15, -0.1) is 0 Å². The lowest BCUT2D eigenvalue weighted by molar-refractivity contribution is -0.122. The zero-order valence-corrected chi connectivity index (χ0v) is 17.0. The summed E-state index contributed by atoms with van der Waals surface area (Å²) < 4.78 is 31.4. The van der Waals surface area contributed by atoms with Crippen LogP contribution in [-0.4, -0.2) is 48.6 Å². The minimum absolute atomic E-state index is 0.0805. The van der Waals surface area contributed by atoms with Gasteiger partial charge in [-0.3, -0.25) is 9.59 Å². The third-order valence-corrected chi connectivity index (χ3v) is 5.98. The van der Waals surface area contributed by atoms with Crippen molar-refractivity contribution in [1.29, 1.82) is 0 Å². The molecule has 2 saturated heterocycles. The van der Waals surface area contributed by atoms with Gasteiger partial charge in [-0.05, 0) is 43.0 Å². The first-order chi connectivity index (χ1) is 15.1. The molecule has 3 aliphatic rings. The van der Waals surface area contributed by atoms with E-state index in [1.165, 1.54) is 17.2 Å². The Bertz CT molecular complexity index is 1000. The van der Waals surface area contributed by atoms with Crippen molar-refractivity contribution in [3.05, 3.63) is 47.4 Å². The molecule has 1 amide bonds. The number of carbonyl (C=O) groups is 2. The minimum atomic E-state index is -0.688. The number of carbonyl (C=O) groups excluding carboxylic acids is 2. The quantitative estimate of drug-likeness (QED) is 0.707. The van der Waals surface area contributed by atoms with Crippen molar-refractivity contribution >= 4 is 17.4 Å². The van der Waals surface area contributed by atoms with Gasteiger partial charge in [-0.2, -0.15) is 0 Å². The fraction of sp³-hybridized carbons (Fsp3) is 0.435. The molecule has 2 fully saturated rings. The highest BCUT2D eigenvalue weighted by Crippen LogP contribution is 2.32. The molecule has 0 saturated carbocycles. The molecule has 2 atom stereocenters. The highest BCUT2D eigenvalue weighted by molar-refractivity contribution is 6.04. The number of halogens is 1. The fourth-order valence-corrected chi connectivity index (χ4v) is 4.31. The molecule has 1 aliphatic carbocycles. The average molecular weight is 426 g/mol. The SMILES string of the molecule is O=C1CCc2c(F)cc(N3CC[C@@H](Oc4ccc(OC[C@H]5CCCO5)nc4)C3=O)cc21. The number of ketones is 1. The molecule has 2 aromatic rings. The van der Waals surface area contributed by atoms with Crippen molar-refractivity contribution < 1.29 is 28.2 Å². The van der Waals surface area contributed by atoms with Crippen LogP contribution in [0.4, 0.5) is 10.1 Å². The molecule has 0 radical (unpaired) electrons. The van der Waals surface area contributed by atoms with Crippen LogP contribution in [-0.2, 0) is 16.0 Å². The van der Waals surface area contributed by atoms with Gasteiger partial charge in [-0.25, -0.2) is 9.37 Å². The number of fused-ring (bicyclic) bond motifs is 1. The molecule has 0 unspecified atom stereocenters. The van der Waals surface area contributed by atoms with E-state index < -0.39 is 11.9 Å². The van der Waals surface area contributed by atoms with Crippen LogP contribution in [0.1, 0.15) is 41.6 Å². The molecule has 8 heteroatoms. The van der Waals surface area contributed by atoms with Crippen LogP contribution in [0.25, 0.3) is 0 Å². The second kappa shape index (κ2) is 8.26. The van der Waals surface area contributed by atoms with E-state index >= 15 is 0 Å². The third kappa shape index (κ3) is 3.99. The number of hydrogen-bond donors (Lipinski definition) is 0. The summed E-state index contributed by atoms with van der Waals surface area (Å²) in [6, 6.07) is 6.36. The van der Waals surface area contributed by atoms with Gasteiger partial charge >= 0.3 is 0 Å². The van der Waals surface area contributed by atoms with Crippen molar-refractivity contribution in [1.82, 2.24) is 4.98 Å². The maximum Gasteiger partial charge on any atom is 0.268 e. The van der Waals surface area contributed by atoms with Crippen molar-refractivity contribution in [3.8, 4) is 11.6 Å². The smallest absolute Gasteiger partial charge is 0.268 e. The van der Waals surface area contributed by atoms with Gasteiger partial charge in [0.2, 0.25) is 5.88 Å². The zero-order chi connectivity index (χ0) is 21.4. The molecule has 0 spiro atoms. The Hall–Kier alpha value is -3.00.